The van der Waals surface area contributed by atoms with E-state index in [1.165, 1.54) is 16.9 Å². The molecule has 1 aromatic carbocycles. The van der Waals surface area contributed by atoms with Crippen LogP contribution < -0.4 is 9.64 Å². The molecule has 2 aromatic rings. The summed E-state index contributed by atoms with van der Waals surface area (Å²) in [5, 5.41) is 3.95. The van der Waals surface area contributed by atoms with Crippen LogP contribution in [-0.4, -0.2) is 27.9 Å². The van der Waals surface area contributed by atoms with Crippen LogP contribution in [0.3, 0.4) is 0 Å². The van der Waals surface area contributed by atoms with Crippen molar-refractivity contribution in [1.29, 1.82) is 0 Å². The number of para-hydroxylation sites is 1. The summed E-state index contributed by atoms with van der Waals surface area (Å²) in [6.45, 7) is 1.49. The van der Waals surface area contributed by atoms with Crippen molar-refractivity contribution < 1.29 is 22.7 Å². The minimum absolute atomic E-state index is 0.00553. The molecule has 1 amide bonds. The maximum absolute atomic E-state index is 12.6. The van der Waals surface area contributed by atoms with Crippen LogP contribution in [-0.2, 0) is 11.5 Å². The van der Waals surface area contributed by atoms with E-state index in [4.69, 9.17) is 11.6 Å². The Morgan fingerprint density at radius 2 is 2.13 bits per heavy atom. The molecular formula is C14H13ClF3N3O2. The van der Waals surface area contributed by atoms with Crippen molar-refractivity contribution in [1.82, 2.24) is 9.78 Å². The van der Waals surface area contributed by atoms with Crippen LogP contribution in [0, 0.1) is 6.92 Å². The molecule has 0 aliphatic rings. The van der Waals surface area contributed by atoms with Crippen molar-refractivity contribution >= 4 is 23.2 Å². The first-order valence-electron chi connectivity index (χ1n) is 6.51. The zero-order valence-electron chi connectivity index (χ0n) is 12.0. The Balaban J connectivity index is 2.46. The van der Waals surface area contributed by atoms with E-state index in [9.17, 15) is 18.0 Å². The van der Waals surface area contributed by atoms with Crippen molar-refractivity contribution in [2.45, 2.75) is 20.0 Å². The molecular weight excluding hydrogens is 335 g/mol. The summed E-state index contributed by atoms with van der Waals surface area (Å²) < 4.78 is 43.3. The van der Waals surface area contributed by atoms with Gasteiger partial charge in [0.25, 0.3) is 0 Å². The van der Waals surface area contributed by atoms with Gasteiger partial charge in [-0.15, -0.1) is 24.8 Å². The van der Waals surface area contributed by atoms with Gasteiger partial charge in [-0.2, -0.15) is 5.10 Å². The molecule has 2 rings (SSSR count). The molecule has 0 saturated heterocycles. The van der Waals surface area contributed by atoms with Gasteiger partial charge in [-0.05, 0) is 24.6 Å². The highest BCUT2D eigenvalue weighted by molar-refractivity contribution is 6.29. The standard InChI is InChI=1S/C14H13ClF3N3O2/c1-10-4-2-5-11(23-14(16,17)18)13(10)21(12(22)8-15)9-20-7-3-6-19-20/h2-7H,8-9H2,1H3. The molecule has 1 aromatic heterocycles. The number of benzene rings is 1. The molecule has 0 aliphatic carbocycles. The summed E-state index contributed by atoms with van der Waals surface area (Å²) in [5.41, 5.74) is 0.448. The molecule has 0 bridgehead atoms. The van der Waals surface area contributed by atoms with E-state index in [0.29, 0.717) is 5.56 Å². The predicted octanol–water partition coefficient (Wildman–Crippen LogP) is 3.32. The van der Waals surface area contributed by atoms with Gasteiger partial charge in [0, 0.05) is 12.4 Å². The highest BCUT2D eigenvalue weighted by Crippen LogP contribution is 2.36. The average molecular weight is 348 g/mol. The first-order chi connectivity index (χ1) is 10.8. The van der Waals surface area contributed by atoms with Crippen LogP contribution in [0.1, 0.15) is 5.56 Å². The van der Waals surface area contributed by atoms with Crippen LogP contribution >= 0.6 is 11.6 Å². The molecule has 0 N–H and O–H groups in total. The van der Waals surface area contributed by atoms with Crippen LogP contribution in [0.15, 0.2) is 36.7 Å². The normalized spacial score (nSPS) is 11.3. The van der Waals surface area contributed by atoms with Gasteiger partial charge >= 0.3 is 6.36 Å². The number of rotatable bonds is 5. The van der Waals surface area contributed by atoms with Crippen LogP contribution in [0.5, 0.6) is 5.75 Å². The van der Waals surface area contributed by atoms with Crippen molar-refractivity contribution in [3.63, 3.8) is 0 Å². The second kappa shape index (κ2) is 6.91. The number of nitrogens with zero attached hydrogens (tertiary/aromatic N) is 3. The third-order valence-electron chi connectivity index (χ3n) is 2.96. The van der Waals surface area contributed by atoms with Gasteiger partial charge < -0.3 is 4.74 Å². The second-order valence-electron chi connectivity index (χ2n) is 4.61. The second-order valence-corrected chi connectivity index (χ2v) is 4.88. The highest BCUT2D eigenvalue weighted by Gasteiger charge is 2.34. The Bertz CT molecular complexity index is 674. The third kappa shape index (κ3) is 4.38. The number of amides is 1. The molecule has 0 aliphatic heterocycles. The Labute approximate surface area is 135 Å². The summed E-state index contributed by atoms with van der Waals surface area (Å²) in [5.74, 6) is -1.42. The van der Waals surface area contributed by atoms with Crippen molar-refractivity contribution in [2.75, 3.05) is 10.8 Å². The number of carbonyl (C=O) groups excluding carboxylic acids is 1. The Morgan fingerprint density at radius 1 is 1.39 bits per heavy atom. The number of alkyl halides is 4. The summed E-state index contributed by atoms with van der Waals surface area (Å²) in [7, 11) is 0. The first kappa shape index (κ1) is 17.1. The lowest BCUT2D eigenvalue weighted by Crippen LogP contribution is -2.35. The van der Waals surface area contributed by atoms with Gasteiger partial charge in [-0.25, -0.2) is 0 Å². The van der Waals surface area contributed by atoms with Gasteiger partial charge in [0.2, 0.25) is 5.91 Å². The number of aryl methyl sites for hydroxylation is 1. The number of aromatic nitrogens is 2. The number of halogens is 4. The van der Waals surface area contributed by atoms with E-state index in [2.05, 4.69) is 9.84 Å². The van der Waals surface area contributed by atoms with Gasteiger partial charge in [-0.3, -0.25) is 14.4 Å². The zero-order valence-corrected chi connectivity index (χ0v) is 12.8. The number of hydrogen-bond donors (Lipinski definition) is 0. The van der Waals surface area contributed by atoms with Crippen LogP contribution in [0.4, 0.5) is 18.9 Å². The molecule has 0 radical (unpaired) electrons. The monoisotopic (exact) mass is 347 g/mol. The van der Waals surface area contributed by atoms with Gasteiger partial charge in [0.1, 0.15) is 12.5 Å². The van der Waals surface area contributed by atoms with Crippen molar-refractivity contribution in [3.05, 3.63) is 42.2 Å². The van der Waals surface area contributed by atoms with Crippen molar-refractivity contribution in [3.8, 4) is 5.75 Å². The molecule has 1 heterocycles. The van der Waals surface area contributed by atoms with E-state index >= 15 is 0 Å². The lowest BCUT2D eigenvalue weighted by atomic mass is 10.1. The van der Waals surface area contributed by atoms with E-state index in [1.807, 2.05) is 0 Å². The number of carbonyl (C=O) groups is 1. The largest absolute Gasteiger partial charge is 0.573 e. The topological polar surface area (TPSA) is 47.4 Å². The van der Waals surface area contributed by atoms with Crippen LogP contribution in [0.2, 0.25) is 0 Å². The molecule has 0 spiro atoms. The fourth-order valence-corrected chi connectivity index (χ4v) is 2.20. The van der Waals surface area contributed by atoms with Gasteiger partial charge in [0.15, 0.2) is 5.75 Å². The third-order valence-corrected chi connectivity index (χ3v) is 3.19. The first-order valence-corrected chi connectivity index (χ1v) is 7.04. The van der Waals surface area contributed by atoms with Crippen molar-refractivity contribution in [2.24, 2.45) is 0 Å². The van der Waals surface area contributed by atoms with E-state index < -0.39 is 18.0 Å². The summed E-state index contributed by atoms with van der Waals surface area (Å²) in [6.07, 6.45) is -1.80. The molecule has 0 saturated carbocycles. The summed E-state index contributed by atoms with van der Waals surface area (Å²) in [6, 6.07) is 5.77. The molecule has 5 nitrogen and oxygen atoms in total. The predicted molar refractivity (Wildman–Crippen MR) is 78.3 cm³/mol. The number of hydrogen-bond acceptors (Lipinski definition) is 3. The van der Waals surface area contributed by atoms with E-state index in [0.717, 1.165) is 11.0 Å². The van der Waals surface area contributed by atoms with Gasteiger partial charge in [-0.1, -0.05) is 12.1 Å². The minimum Gasteiger partial charge on any atom is -0.404 e. The Kier molecular flexibility index (Phi) is 5.15. The molecule has 23 heavy (non-hydrogen) atoms. The smallest absolute Gasteiger partial charge is 0.404 e. The number of ether oxygens (including phenoxy) is 1. The zero-order chi connectivity index (χ0) is 17.0. The molecule has 0 fully saturated rings. The molecule has 0 unspecified atom stereocenters. The Morgan fingerprint density at radius 3 is 2.70 bits per heavy atom. The lowest BCUT2D eigenvalue weighted by Gasteiger charge is -2.26. The molecule has 0 atom stereocenters. The average Bonchev–Trinajstić information content (AvgIpc) is 2.96. The fraction of sp³-hybridized carbons (Fsp3) is 0.286. The van der Waals surface area contributed by atoms with Gasteiger partial charge in [0.05, 0.1) is 5.69 Å². The van der Waals surface area contributed by atoms with Crippen LogP contribution in [0.25, 0.3) is 0 Å². The van der Waals surface area contributed by atoms with E-state index in [1.54, 1.807) is 25.3 Å². The quantitative estimate of drug-likeness (QED) is 0.780. The molecule has 9 heteroatoms. The molecule has 124 valence electrons. The maximum atomic E-state index is 12.6. The Hall–Kier alpha value is -2.22. The number of anilines is 1. The fourth-order valence-electron chi connectivity index (χ4n) is 2.06. The van der Waals surface area contributed by atoms with E-state index in [-0.39, 0.29) is 18.2 Å². The lowest BCUT2D eigenvalue weighted by molar-refractivity contribution is -0.274. The minimum atomic E-state index is -4.87. The highest BCUT2D eigenvalue weighted by atomic mass is 35.5. The summed E-state index contributed by atoms with van der Waals surface area (Å²) in [4.78, 5) is 13.2. The summed E-state index contributed by atoms with van der Waals surface area (Å²) >= 11 is 5.59. The SMILES string of the molecule is Cc1cccc(OC(F)(F)F)c1N(Cn1cccn1)C(=O)CCl. The maximum Gasteiger partial charge on any atom is 0.573 e.